The van der Waals surface area contributed by atoms with Gasteiger partial charge in [0.25, 0.3) is 0 Å². The van der Waals surface area contributed by atoms with Gasteiger partial charge in [-0.15, -0.1) is 0 Å². The minimum absolute atomic E-state index is 0.173. The number of hydrogen-bond acceptors (Lipinski definition) is 3. The molecule has 22 heavy (non-hydrogen) atoms. The van der Waals surface area contributed by atoms with E-state index < -0.39 is 0 Å². The zero-order valence-electron chi connectivity index (χ0n) is 13.6. The molecule has 2 fully saturated rings. The second kappa shape index (κ2) is 5.53. The second-order valence-electron chi connectivity index (χ2n) is 7.01. The molecular formula is C19H26N2O. The van der Waals surface area contributed by atoms with Gasteiger partial charge in [0.1, 0.15) is 12.4 Å². The number of benzene rings is 1. The van der Waals surface area contributed by atoms with E-state index in [1.165, 1.54) is 43.4 Å². The molecule has 3 atom stereocenters. The van der Waals surface area contributed by atoms with Gasteiger partial charge in [-0.2, -0.15) is 0 Å². The molecule has 118 valence electrons. The molecule has 2 aliphatic heterocycles. The molecule has 0 amide bonds. The van der Waals surface area contributed by atoms with Crippen molar-refractivity contribution in [2.75, 3.05) is 4.90 Å². The molecule has 1 saturated heterocycles. The van der Waals surface area contributed by atoms with Crippen LogP contribution in [0.25, 0.3) is 0 Å². The van der Waals surface area contributed by atoms with Crippen LogP contribution in [0.1, 0.15) is 44.6 Å². The summed E-state index contributed by atoms with van der Waals surface area (Å²) in [6.07, 6.45) is 11.5. The molecule has 0 bridgehead atoms. The van der Waals surface area contributed by atoms with Gasteiger partial charge in [-0.05, 0) is 44.2 Å². The monoisotopic (exact) mass is 298 g/mol. The summed E-state index contributed by atoms with van der Waals surface area (Å²) in [4.78, 5) is 5.09. The van der Waals surface area contributed by atoms with E-state index >= 15 is 0 Å². The van der Waals surface area contributed by atoms with Crippen LogP contribution in [-0.4, -0.2) is 23.3 Å². The molecule has 4 rings (SSSR count). The summed E-state index contributed by atoms with van der Waals surface area (Å²) in [6, 6.07) is 9.16. The van der Waals surface area contributed by atoms with E-state index in [9.17, 15) is 0 Å². The Morgan fingerprint density at radius 1 is 1.09 bits per heavy atom. The second-order valence-corrected chi connectivity index (χ2v) is 7.01. The van der Waals surface area contributed by atoms with Crippen LogP contribution in [0.3, 0.4) is 0 Å². The highest BCUT2D eigenvalue weighted by molar-refractivity contribution is 5.56. The normalized spacial score (nSPS) is 31.5. The fourth-order valence-electron chi connectivity index (χ4n) is 4.58. The van der Waals surface area contributed by atoms with Crippen molar-refractivity contribution in [2.24, 2.45) is 5.92 Å². The number of para-hydroxylation sites is 1. The van der Waals surface area contributed by atoms with Crippen molar-refractivity contribution < 1.29 is 4.74 Å². The number of fused-ring (bicyclic) bond motifs is 1. The molecule has 0 radical (unpaired) electrons. The van der Waals surface area contributed by atoms with Crippen LogP contribution >= 0.6 is 0 Å². The number of anilines is 1. The molecule has 3 aliphatic rings. The van der Waals surface area contributed by atoms with Gasteiger partial charge in [-0.25, -0.2) is 0 Å². The summed E-state index contributed by atoms with van der Waals surface area (Å²) in [6.45, 7) is 4.53. The summed E-state index contributed by atoms with van der Waals surface area (Å²) >= 11 is 0. The lowest BCUT2D eigenvalue weighted by Gasteiger charge is -2.39. The van der Waals surface area contributed by atoms with Gasteiger partial charge in [0.2, 0.25) is 0 Å². The zero-order chi connectivity index (χ0) is 15.1. The summed E-state index contributed by atoms with van der Waals surface area (Å²) in [7, 11) is 0. The summed E-state index contributed by atoms with van der Waals surface area (Å²) < 4.78 is 5.91. The lowest BCUT2D eigenvalue weighted by atomic mass is 9.86. The first kappa shape index (κ1) is 14.0. The Labute approximate surface area is 133 Å². The molecule has 3 nitrogen and oxygen atoms in total. The fraction of sp³-hybridized carbons (Fsp3) is 0.579. The number of rotatable bonds is 2. The number of hydrogen-bond donors (Lipinski definition) is 0. The van der Waals surface area contributed by atoms with Gasteiger partial charge in [0.15, 0.2) is 6.23 Å². The average molecular weight is 298 g/mol. The molecule has 1 aliphatic carbocycles. The minimum Gasteiger partial charge on any atom is -0.474 e. The molecule has 3 heteroatoms. The van der Waals surface area contributed by atoms with Crippen molar-refractivity contribution in [3.63, 3.8) is 0 Å². The van der Waals surface area contributed by atoms with Crippen LogP contribution in [0, 0.1) is 12.8 Å². The molecule has 1 saturated carbocycles. The lowest BCUT2D eigenvalue weighted by molar-refractivity contribution is 0.0510. The van der Waals surface area contributed by atoms with Gasteiger partial charge in [0.05, 0.1) is 6.04 Å². The van der Waals surface area contributed by atoms with Crippen molar-refractivity contribution >= 4 is 5.69 Å². The molecule has 0 N–H and O–H groups in total. The minimum atomic E-state index is 0.173. The maximum atomic E-state index is 5.91. The van der Waals surface area contributed by atoms with Crippen LogP contribution in [0.15, 0.2) is 36.7 Å². The molecule has 1 aromatic carbocycles. The molecular weight excluding hydrogens is 272 g/mol. The van der Waals surface area contributed by atoms with Gasteiger partial charge in [0, 0.05) is 11.9 Å². The Balaban J connectivity index is 1.73. The first-order valence-electron chi connectivity index (χ1n) is 8.71. The van der Waals surface area contributed by atoms with E-state index in [2.05, 4.69) is 54.1 Å². The van der Waals surface area contributed by atoms with E-state index in [0.29, 0.717) is 12.2 Å². The molecule has 2 heterocycles. The largest absolute Gasteiger partial charge is 0.474 e. The highest BCUT2D eigenvalue weighted by Gasteiger charge is 2.49. The van der Waals surface area contributed by atoms with Crippen molar-refractivity contribution in [3.8, 4) is 0 Å². The van der Waals surface area contributed by atoms with Crippen LogP contribution in [-0.2, 0) is 4.74 Å². The van der Waals surface area contributed by atoms with Crippen molar-refractivity contribution in [3.05, 3.63) is 42.3 Å². The maximum Gasteiger partial charge on any atom is 0.193 e. The predicted molar refractivity (Wildman–Crippen MR) is 89.3 cm³/mol. The first-order chi connectivity index (χ1) is 10.8. The van der Waals surface area contributed by atoms with Crippen LogP contribution in [0.4, 0.5) is 5.69 Å². The van der Waals surface area contributed by atoms with Crippen LogP contribution in [0.2, 0.25) is 0 Å². The quantitative estimate of drug-likeness (QED) is 0.812. The third-order valence-corrected chi connectivity index (χ3v) is 5.65. The van der Waals surface area contributed by atoms with Crippen LogP contribution < -0.4 is 4.90 Å². The summed E-state index contributed by atoms with van der Waals surface area (Å²) in [5, 5.41) is 0. The highest BCUT2D eigenvalue weighted by atomic mass is 16.5. The summed E-state index contributed by atoms with van der Waals surface area (Å²) in [5.74, 6) is 0.743. The van der Waals surface area contributed by atoms with Crippen LogP contribution in [0.5, 0.6) is 0 Å². The van der Waals surface area contributed by atoms with Crippen molar-refractivity contribution in [2.45, 2.75) is 64.4 Å². The molecule has 1 aromatic rings. The van der Waals surface area contributed by atoms with Gasteiger partial charge < -0.3 is 14.5 Å². The predicted octanol–water partition coefficient (Wildman–Crippen LogP) is 4.24. The van der Waals surface area contributed by atoms with Crippen molar-refractivity contribution in [1.29, 1.82) is 0 Å². The van der Waals surface area contributed by atoms with E-state index in [1.807, 2.05) is 6.26 Å². The topological polar surface area (TPSA) is 15.7 Å². The summed E-state index contributed by atoms with van der Waals surface area (Å²) in [5.41, 5.74) is 2.73. The highest BCUT2D eigenvalue weighted by Crippen LogP contribution is 2.43. The molecule has 0 aromatic heterocycles. The van der Waals surface area contributed by atoms with E-state index in [4.69, 9.17) is 4.74 Å². The van der Waals surface area contributed by atoms with Gasteiger partial charge in [-0.3, -0.25) is 0 Å². The fourth-order valence-corrected chi connectivity index (χ4v) is 4.58. The SMILES string of the molecule is Cc1ccccc1N1C(C2CCCCC2)N2C=COC2[C@@H]1C. The Bertz CT molecular complexity index is 564. The van der Waals surface area contributed by atoms with Gasteiger partial charge >= 0.3 is 0 Å². The third kappa shape index (κ3) is 2.10. The lowest BCUT2D eigenvalue weighted by Crippen LogP contribution is -2.45. The maximum absolute atomic E-state index is 5.91. The Hall–Kier alpha value is -1.64. The van der Waals surface area contributed by atoms with E-state index in [-0.39, 0.29) is 6.23 Å². The zero-order valence-corrected chi connectivity index (χ0v) is 13.6. The Morgan fingerprint density at radius 3 is 2.64 bits per heavy atom. The smallest absolute Gasteiger partial charge is 0.193 e. The van der Waals surface area contributed by atoms with Crippen molar-refractivity contribution in [1.82, 2.24) is 4.90 Å². The molecule has 0 spiro atoms. The van der Waals surface area contributed by atoms with Gasteiger partial charge in [-0.1, -0.05) is 37.5 Å². The molecule has 2 unspecified atom stereocenters. The number of ether oxygens (including phenoxy) is 1. The van der Waals surface area contributed by atoms with E-state index in [0.717, 1.165) is 5.92 Å². The first-order valence-corrected chi connectivity index (χ1v) is 8.71. The average Bonchev–Trinajstić information content (AvgIpc) is 3.11. The third-order valence-electron chi connectivity index (χ3n) is 5.65. The Kier molecular flexibility index (Phi) is 3.51. The number of aryl methyl sites for hydroxylation is 1. The van der Waals surface area contributed by atoms with E-state index in [1.54, 1.807) is 0 Å². The Morgan fingerprint density at radius 2 is 1.86 bits per heavy atom. The number of nitrogens with zero attached hydrogens (tertiary/aromatic N) is 2. The standard InChI is InChI=1S/C19H26N2O/c1-14-8-6-7-11-17(14)21-15(2)19-20(12-13-22-19)18(21)16-9-4-3-5-10-16/h6-8,11-13,15-16,18-19H,3-5,9-10H2,1-2H3/t15-,18?,19?/m0/s1.